The van der Waals surface area contributed by atoms with Crippen LogP contribution in [0.15, 0.2) is 24.5 Å². The van der Waals surface area contributed by atoms with Crippen LogP contribution in [0.3, 0.4) is 0 Å². The summed E-state index contributed by atoms with van der Waals surface area (Å²) in [5.74, 6) is 0.500. The van der Waals surface area contributed by atoms with Crippen molar-refractivity contribution >= 4 is 0 Å². The van der Waals surface area contributed by atoms with E-state index in [4.69, 9.17) is 5.73 Å². The van der Waals surface area contributed by atoms with E-state index in [0.29, 0.717) is 5.82 Å². The van der Waals surface area contributed by atoms with Gasteiger partial charge < -0.3 is 5.73 Å². The highest BCUT2D eigenvalue weighted by atomic mass is 15.6. The Bertz CT molecular complexity index is 409. The maximum absolute atomic E-state index is 5.91. The zero-order chi connectivity index (χ0) is 9.97. The van der Waals surface area contributed by atoms with Crippen LogP contribution >= 0.6 is 0 Å². The lowest BCUT2D eigenvalue weighted by Gasteiger charge is -2.05. The van der Waals surface area contributed by atoms with Gasteiger partial charge >= 0.3 is 0 Å². The van der Waals surface area contributed by atoms with Crippen LogP contribution in [0, 0.1) is 0 Å². The highest BCUT2D eigenvalue weighted by Crippen LogP contribution is 2.12. The number of nitrogens with two attached hydrogens (primary N) is 1. The Morgan fingerprint density at radius 2 is 2.36 bits per heavy atom. The summed E-state index contributed by atoms with van der Waals surface area (Å²) >= 11 is 0. The summed E-state index contributed by atoms with van der Waals surface area (Å²) in [6.07, 6.45) is 3.39. The van der Waals surface area contributed by atoms with Crippen LogP contribution in [0.1, 0.15) is 17.4 Å². The lowest BCUT2D eigenvalue weighted by atomic mass is 10.1. The minimum absolute atomic E-state index is 0.364. The molecule has 1 unspecified atom stereocenters. The quantitative estimate of drug-likeness (QED) is 0.700. The van der Waals surface area contributed by atoms with Crippen molar-refractivity contribution in [2.24, 2.45) is 12.8 Å². The van der Waals surface area contributed by atoms with E-state index in [0.717, 1.165) is 5.56 Å². The van der Waals surface area contributed by atoms with Crippen molar-refractivity contribution in [1.82, 2.24) is 25.2 Å². The van der Waals surface area contributed by atoms with E-state index in [1.807, 2.05) is 12.1 Å². The van der Waals surface area contributed by atoms with Crippen LogP contribution in [-0.4, -0.2) is 25.2 Å². The van der Waals surface area contributed by atoms with Gasteiger partial charge in [-0.3, -0.25) is 4.98 Å². The molecule has 0 aliphatic carbocycles. The van der Waals surface area contributed by atoms with E-state index in [9.17, 15) is 0 Å². The molecule has 0 bridgehead atoms. The van der Waals surface area contributed by atoms with Crippen molar-refractivity contribution in [1.29, 1.82) is 0 Å². The van der Waals surface area contributed by atoms with Crippen LogP contribution in [0.25, 0.3) is 0 Å². The molecule has 72 valence electrons. The van der Waals surface area contributed by atoms with Gasteiger partial charge in [-0.2, -0.15) is 4.80 Å². The molecule has 2 aromatic rings. The third-order valence-corrected chi connectivity index (χ3v) is 1.85. The van der Waals surface area contributed by atoms with Gasteiger partial charge in [0.1, 0.15) is 0 Å². The number of rotatable bonds is 2. The maximum Gasteiger partial charge on any atom is 0.195 e. The molecule has 2 N–H and O–H groups in total. The number of hydrogen-bond donors (Lipinski definition) is 1. The van der Waals surface area contributed by atoms with Gasteiger partial charge in [0.05, 0.1) is 13.1 Å². The zero-order valence-corrected chi connectivity index (χ0v) is 7.70. The maximum atomic E-state index is 5.91. The minimum atomic E-state index is -0.364. The standard InChI is InChI=1S/C8H10N6/c1-14-12-8(11-13-14)7(9)6-3-2-4-10-5-6/h2-5,7H,9H2,1H3. The first-order valence-corrected chi connectivity index (χ1v) is 4.17. The molecule has 0 saturated heterocycles. The summed E-state index contributed by atoms with van der Waals surface area (Å²) in [5, 5.41) is 11.6. The van der Waals surface area contributed by atoms with Crippen molar-refractivity contribution < 1.29 is 0 Å². The molecule has 14 heavy (non-hydrogen) atoms. The Morgan fingerprint density at radius 3 is 2.93 bits per heavy atom. The Kier molecular flexibility index (Phi) is 2.19. The Hall–Kier alpha value is -1.82. The van der Waals surface area contributed by atoms with Crippen molar-refractivity contribution in [3.05, 3.63) is 35.9 Å². The monoisotopic (exact) mass is 190 g/mol. The predicted octanol–water partition coefficient (Wildman–Crippen LogP) is -0.347. The van der Waals surface area contributed by atoms with E-state index >= 15 is 0 Å². The highest BCUT2D eigenvalue weighted by molar-refractivity contribution is 5.19. The summed E-state index contributed by atoms with van der Waals surface area (Å²) in [6.45, 7) is 0. The summed E-state index contributed by atoms with van der Waals surface area (Å²) < 4.78 is 0. The third-order valence-electron chi connectivity index (χ3n) is 1.85. The van der Waals surface area contributed by atoms with Gasteiger partial charge in [-0.1, -0.05) is 6.07 Å². The summed E-state index contributed by atoms with van der Waals surface area (Å²) in [4.78, 5) is 5.36. The SMILES string of the molecule is Cn1nnc(C(N)c2cccnc2)n1. The second-order valence-corrected chi connectivity index (χ2v) is 2.90. The first kappa shape index (κ1) is 8.76. The van der Waals surface area contributed by atoms with Crippen molar-refractivity contribution in [3.8, 4) is 0 Å². The molecule has 2 aromatic heterocycles. The van der Waals surface area contributed by atoms with E-state index in [1.54, 1.807) is 19.4 Å². The number of pyridine rings is 1. The number of aryl methyl sites for hydroxylation is 1. The summed E-state index contributed by atoms with van der Waals surface area (Å²) in [5.41, 5.74) is 6.79. The molecule has 0 amide bonds. The summed E-state index contributed by atoms with van der Waals surface area (Å²) in [6, 6.07) is 3.34. The molecule has 0 aromatic carbocycles. The van der Waals surface area contributed by atoms with Gasteiger partial charge in [0.15, 0.2) is 5.82 Å². The fourth-order valence-corrected chi connectivity index (χ4v) is 1.13. The van der Waals surface area contributed by atoms with E-state index < -0.39 is 0 Å². The molecule has 2 rings (SSSR count). The molecule has 1 atom stereocenters. The van der Waals surface area contributed by atoms with Crippen molar-refractivity contribution in [2.45, 2.75) is 6.04 Å². The molecule has 0 radical (unpaired) electrons. The minimum Gasteiger partial charge on any atom is -0.317 e. The van der Waals surface area contributed by atoms with Gasteiger partial charge in [0, 0.05) is 12.4 Å². The summed E-state index contributed by atoms with van der Waals surface area (Å²) in [7, 11) is 1.70. The molecule has 0 fully saturated rings. The fourth-order valence-electron chi connectivity index (χ4n) is 1.13. The van der Waals surface area contributed by atoms with Crippen LogP contribution in [-0.2, 0) is 7.05 Å². The van der Waals surface area contributed by atoms with Crippen LogP contribution in [0.4, 0.5) is 0 Å². The van der Waals surface area contributed by atoms with Crippen LogP contribution in [0.5, 0.6) is 0 Å². The normalized spacial score (nSPS) is 12.7. The molecular formula is C8H10N6. The molecule has 0 aliphatic rings. The molecule has 2 heterocycles. The second-order valence-electron chi connectivity index (χ2n) is 2.90. The number of nitrogens with zero attached hydrogens (tertiary/aromatic N) is 5. The van der Waals surface area contributed by atoms with Gasteiger partial charge in [-0.05, 0) is 16.8 Å². The molecule has 0 spiro atoms. The number of aromatic nitrogens is 5. The van der Waals surface area contributed by atoms with Crippen LogP contribution < -0.4 is 5.73 Å². The van der Waals surface area contributed by atoms with E-state index in [-0.39, 0.29) is 6.04 Å². The number of hydrogen-bond acceptors (Lipinski definition) is 5. The Morgan fingerprint density at radius 1 is 1.50 bits per heavy atom. The van der Waals surface area contributed by atoms with Crippen molar-refractivity contribution in [2.75, 3.05) is 0 Å². The van der Waals surface area contributed by atoms with Gasteiger partial charge in [0.2, 0.25) is 0 Å². The van der Waals surface area contributed by atoms with E-state index in [2.05, 4.69) is 20.4 Å². The average Bonchev–Trinajstić information content (AvgIpc) is 2.65. The van der Waals surface area contributed by atoms with Gasteiger partial charge in [0.25, 0.3) is 0 Å². The molecule has 6 heteroatoms. The number of tetrazole rings is 1. The van der Waals surface area contributed by atoms with Crippen molar-refractivity contribution in [3.63, 3.8) is 0 Å². The predicted molar refractivity (Wildman–Crippen MR) is 49.1 cm³/mol. The van der Waals surface area contributed by atoms with Gasteiger partial charge in [-0.25, -0.2) is 0 Å². The van der Waals surface area contributed by atoms with Crippen LogP contribution in [0.2, 0.25) is 0 Å². The zero-order valence-electron chi connectivity index (χ0n) is 7.70. The first-order chi connectivity index (χ1) is 6.77. The molecule has 0 aliphatic heterocycles. The lowest BCUT2D eigenvalue weighted by molar-refractivity contribution is 0.625. The topological polar surface area (TPSA) is 82.5 Å². The Balaban J connectivity index is 2.29. The molecular weight excluding hydrogens is 180 g/mol. The highest BCUT2D eigenvalue weighted by Gasteiger charge is 2.13. The molecule has 6 nitrogen and oxygen atoms in total. The van der Waals surface area contributed by atoms with Gasteiger partial charge in [-0.15, -0.1) is 10.2 Å². The largest absolute Gasteiger partial charge is 0.317 e. The lowest BCUT2D eigenvalue weighted by Crippen LogP contribution is -2.14. The molecule has 0 saturated carbocycles. The van der Waals surface area contributed by atoms with E-state index in [1.165, 1.54) is 4.80 Å². The second kappa shape index (κ2) is 3.51. The smallest absolute Gasteiger partial charge is 0.195 e. The fraction of sp³-hybridized carbons (Fsp3) is 0.250. The average molecular weight is 190 g/mol. The Labute approximate surface area is 80.8 Å². The first-order valence-electron chi connectivity index (χ1n) is 4.17. The third kappa shape index (κ3) is 1.60.